The molecule has 0 aliphatic carbocycles. The van der Waals surface area contributed by atoms with Gasteiger partial charge in [0, 0.05) is 30.9 Å². The van der Waals surface area contributed by atoms with Crippen LogP contribution in [0.4, 0.5) is 11.4 Å². The minimum atomic E-state index is -0.528. The lowest BCUT2D eigenvalue weighted by atomic mass is 10.1. The van der Waals surface area contributed by atoms with E-state index in [9.17, 15) is 9.59 Å². The van der Waals surface area contributed by atoms with Crippen LogP contribution < -0.4 is 15.4 Å². The first-order chi connectivity index (χ1) is 13.6. The SMILES string of the molecule is C[C@H]1Oc2ccc(NC(=O)c3ccccc3CN3CCOCC3)cc2NC1=O. The Hall–Kier alpha value is -2.90. The first kappa shape index (κ1) is 18.5. The molecular formula is C21H23N3O4. The molecule has 2 aliphatic heterocycles. The Bertz CT molecular complexity index is 893. The maximum atomic E-state index is 12.9. The number of morpholine rings is 1. The predicted octanol–water partition coefficient (Wildman–Crippen LogP) is 2.49. The van der Waals surface area contributed by atoms with Crippen molar-refractivity contribution in [3.05, 3.63) is 53.6 Å². The molecule has 2 aromatic rings. The van der Waals surface area contributed by atoms with Gasteiger partial charge in [0.1, 0.15) is 5.75 Å². The molecule has 1 fully saturated rings. The van der Waals surface area contributed by atoms with E-state index in [4.69, 9.17) is 9.47 Å². The second kappa shape index (κ2) is 8.00. The standard InChI is InChI=1S/C21H23N3O4/c1-14-20(25)23-18-12-16(6-7-19(18)28-14)22-21(26)17-5-3-2-4-15(17)13-24-8-10-27-11-9-24/h2-7,12,14H,8-11,13H2,1H3,(H,22,26)(H,23,25)/t14-/m1/s1. The minimum absolute atomic E-state index is 0.180. The molecule has 1 atom stereocenters. The summed E-state index contributed by atoms with van der Waals surface area (Å²) in [5, 5.41) is 5.72. The largest absolute Gasteiger partial charge is 0.479 e. The molecule has 2 aromatic carbocycles. The number of hydrogen-bond donors (Lipinski definition) is 2. The van der Waals surface area contributed by atoms with Crippen LogP contribution in [0.15, 0.2) is 42.5 Å². The third-order valence-electron chi connectivity index (χ3n) is 4.93. The van der Waals surface area contributed by atoms with Gasteiger partial charge in [-0.3, -0.25) is 14.5 Å². The highest BCUT2D eigenvalue weighted by Gasteiger charge is 2.24. The molecule has 146 valence electrons. The van der Waals surface area contributed by atoms with Gasteiger partial charge in [0.25, 0.3) is 11.8 Å². The highest BCUT2D eigenvalue weighted by molar-refractivity contribution is 6.06. The molecule has 2 aliphatic rings. The van der Waals surface area contributed by atoms with Crippen molar-refractivity contribution in [1.82, 2.24) is 4.90 Å². The summed E-state index contributed by atoms with van der Waals surface area (Å²) in [6.07, 6.45) is -0.528. The summed E-state index contributed by atoms with van der Waals surface area (Å²) in [6.45, 7) is 5.56. The van der Waals surface area contributed by atoms with Crippen LogP contribution in [-0.2, 0) is 16.1 Å². The van der Waals surface area contributed by atoms with Crippen molar-refractivity contribution >= 4 is 23.2 Å². The lowest BCUT2D eigenvalue weighted by Crippen LogP contribution is -2.36. The van der Waals surface area contributed by atoms with Crippen LogP contribution in [0.3, 0.4) is 0 Å². The molecule has 0 radical (unpaired) electrons. The number of hydrogen-bond acceptors (Lipinski definition) is 5. The molecule has 4 rings (SSSR count). The smallest absolute Gasteiger partial charge is 0.265 e. The second-order valence-corrected chi connectivity index (χ2v) is 6.96. The summed E-state index contributed by atoms with van der Waals surface area (Å²) < 4.78 is 10.9. The molecular weight excluding hydrogens is 358 g/mol. The molecule has 7 heteroatoms. The zero-order chi connectivity index (χ0) is 19.5. The van der Waals surface area contributed by atoms with Crippen LogP contribution in [0.1, 0.15) is 22.8 Å². The van der Waals surface area contributed by atoms with Gasteiger partial charge in [-0.25, -0.2) is 0 Å². The fourth-order valence-electron chi connectivity index (χ4n) is 3.36. The van der Waals surface area contributed by atoms with E-state index in [1.165, 1.54) is 0 Å². The Morgan fingerprint density at radius 3 is 2.82 bits per heavy atom. The zero-order valence-corrected chi connectivity index (χ0v) is 15.7. The Morgan fingerprint density at radius 2 is 2.00 bits per heavy atom. The van der Waals surface area contributed by atoms with Crippen molar-refractivity contribution in [2.24, 2.45) is 0 Å². The van der Waals surface area contributed by atoms with Crippen LogP contribution in [0.5, 0.6) is 5.75 Å². The molecule has 28 heavy (non-hydrogen) atoms. The van der Waals surface area contributed by atoms with Gasteiger partial charge in [0.2, 0.25) is 0 Å². The van der Waals surface area contributed by atoms with Gasteiger partial charge < -0.3 is 20.1 Å². The predicted molar refractivity (Wildman–Crippen MR) is 106 cm³/mol. The van der Waals surface area contributed by atoms with Crippen molar-refractivity contribution in [2.75, 3.05) is 36.9 Å². The molecule has 1 saturated heterocycles. The number of nitrogens with one attached hydrogen (secondary N) is 2. The molecule has 0 spiro atoms. The van der Waals surface area contributed by atoms with Crippen molar-refractivity contribution < 1.29 is 19.1 Å². The molecule has 0 saturated carbocycles. The van der Waals surface area contributed by atoms with E-state index >= 15 is 0 Å². The third-order valence-corrected chi connectivity index (χ3v) is 4.93. The van der Waals surface area contributed by atoms with Crippen LogP contribution in [-0.4, -0.2) is 49.1 Å². The molecule has 0 aromatic heterocycles. The van der Waals surface area contributed by atoms with Crippen LogP contribution in [0, 0.1) is 0 Å². The van der Waals surface area contributed by atoms with E-state index in [-0.39, 0.29) is 11.8 Å². The summed E-state index contributed by atoms with van der Waals surface area (Å²) in [5.41, 5.74) is 2.77. The van der Waals surface area contributed by atoms with Gasteiger partial charge in [-0.15, -0.1) is 0 Å². The molecule has 2 N–H and O–H groups in total. The zero-order valence-electron chi connectivity index (χ0n) is 15.7. The lowest BCUT2D eigenvalue weighted by Gasteiger charge is -2.27. The second-order valence-electron chi connectivity index (χ2n) is 6.96. The summed E-state index contributed by atoms with van der Waals surface area (Å²) in [5.74, 6) is 0.213. The first-order valence-corrected chi connectivity index (χ1v) is 9.41. The van der Waals surface area contributed by atoms with Gasteiger partial charge in [-0.2, -0.15) is 0 Å². The molecule has 2 amide bonds. The van der Waals surface area contributed by atoms with E-state index in [1.807, 2.05) is 24.3 Å². The number of amides is 2. The van der Waals surface area contributed by atoms with Gasteiger partial charge in [-0.1, -0.05) is 18.2 Å². The number of ether oxygens (including phenoxy) is 2. The number of carbonyl (C=O) groups excluding carboxylic acids is 2. The summed E-state index contributed by atoms with van der Waals surface area (Å²) in [7, 11) is 0. The monoisotopic (exact) mass is 381 g/mol. The Kier molecular flexibility index (Phi) is 5.27. The number of nitrogens with zero attached hydrogens (tertiary/aromatic N) is 1. The number of benzene rings is 2. The summed E-state index contributed by atoms with van der Waals surface area (Å²) in [6, 6.07) is 12.8. The number of fused-ring (bicyclic) bond motifs is 1. The number of rotatable bonds is 4. The summed E-state index contributed by atoms with van der Waals surface area (Å²) >= 11 is 0. The molecule has 0 bridgehead atoms. The topological polar surface area (TPSA) is 79.9 Å². The number of carbonyl (C=O) groups is 2. The lowest BCUT2D eigenvalue weighted by molar-refractivity contribution is -0.122. The van der Waals surface area contributed by atoms with E-state index in [1.54, 1.807) is 25.1 Å². The van der Waals surface area contributed by atoms with Crippen LogP contribution >= 0.6 is 0 Å². The Balaban J connectivity index is 1.50. The quantitative estimate of drug-likeness (QED) is 0.851. The normalized spacial score (nSPS) is 19.3. The van der Waals surface area contributed by atoms with Crippen LogP contribution in [0.25, 0.3) is 0 Å². The maximum absolute atomic E-state index is 12.9. The average Bonchev–Trinajstić information content (AvgIpc) is 2.70. The van der Waals surface area contributed by atoms with Gasteiger partial charge >= 0.3 is 0 Å². The highest BCUT2D eigenvalue weighted by Crippen LogP contribution is 2.32. The third kappa shape index (κ3) is 4.00. The fourth-order valence-corrected chi connectivity index (χ4v) is 3.36. The van der Waals surface area contributed by atoms with E-state index in [0.29, 0.717) is 29.2 Å². The van der Waals surface area contributed by atoms with E-state index in [2.05, 4.69) is 15.5 Å². The highest BCUT2D eigenvalue weighted by atomic mass is 16.5. The maximum Gasteiger partial charge on any atom is 0.265 e. The van der Waals surface area contributed by atoms with Crippen LogP contribution in [0.2, 0.25) is 0 Å². The first-order valence-electron chi connectivity index (χ1n) is 9.41. The molecule has 0 unspecified atom stereocenters. The van der Waals surface area contributed by atoms with Gasteiger partial charge in [0.05, 0.1) is 18.9 Å². The fraction of sp³-hybridized carbons (Fsp3) is 0.333. The molecule has 2 heterocycles. The Labute approximate surface area is 163 Å². The molecule has 7 nitrogen and oxygen atoms in total. The van der Waals surface area contributed by atoms with Crippen molar-refractivity contribution in [1.29, 1.82) is 0 Å². The van der Waals surface area contributed by atoms with Crippen molar-refractivity contribution in [2.45, 2.75) is 19.6 Å². The minimum Gasteiger partial charge on any atom is -0.479 e. The number of anilines is 2. The van der Waals surface area contributed by atoms with E-state index in [0.717, 1.165) is 31.9 Å². The van der Waals surface area contributed by atoms with E-state index < -0.39 is 6.10 Å². The Morgan fingerprint density at radius 1 is 1.21 bits per heavy atom. The summed E-state index contributed by atoms with van der Waals surface area (Å²) in [4.78, 5) is 27.0. The van der Waals surface area contributed by atoms with Crippen molar-refractivity contribution in [3.8, 4) is 5.75 Å². The van der Waals surface area contributed by atoms with Gasteiger partial charge in [-0.05, 0) is 36.8 Å². The van der Waals surface area contributed by atoms with Crippen molar-refractivity contribution in [3.63, 3.8) is 0 Å². The van der Waals surface area contributed by atoms with Gasteiger partial charge in [0.15, 0.2) is 6.10 Å². The average molecular weight is 381 g/mol.